The first-order valence-electron chi connectivity index (χ1n) is 8.29. The molecule has 0 fully saturated rings. The minimum Gasteiger partial charge on any atom is -0.354 e. The van der Waals surface area contributed by atoms with E-state index in [9.17, 15) is 4.79 Å². The lowest BCUT2D eigenvalue weighted by Gasteiger charge is -2.22. The SMILES string of the molecule is CN=C(NCCNC(=O)c1ccccc1Cl)N1CCc2ccccc21. The van der Waals surface area contributed by atoms with E-state index < -0.39 is 0 Å². The summed E-state index contributed by atoms with van der Waals surface area (Å²) in [7, 11) is 1.77. The molecule has 0 radical (unpaired) electrons. The molecule has 0 aromatic heterocycles. The third-order valence-corrected chi connectivity index (χ3v) is 4.50. The predicted molar refractivity (Wildman–Crippen MR) is 103 cm³/mol. The molecule has 0 atom stereocenters. The fourth-order valence-corrected chi connectivity index (χ4v) is 3.17. The lowest BCUT2D eigenvalue weighted by molar-refractivity contribution is 0.0954. The topological polar surface area (TPSA) is 56.7 Å². The van der Waals surface area contributed by atoms with Crippen molar-refractivity contribution in [3.8, 4) is 0 Å². The van der Waals surface area contributed by atoms with Gasteiger partial charge in [0.25, 0.3) is 5.91 Å². The maximum Gasteiger partial charge on any atom is 0.252 e. The molecule has 0 saturated carbocycles. The molecule has 130 valence electrons. The van der Waals surface area contributed by atoms with Crippen LogP contribution in [0.5, 0.6) is 0 Å². The van der Waals surface area contributed by atoms with E-state index in [-0.39, 0.29) is 5.91 Å². The van der Waals surface area contributed by atoms with E-state index in [1.807, 2.05) is 6.07 Å². The highest BCUT2D eigenvalue weighted by atomic mass is 35.5. The lowest BCUT2D eigenvalue weighted by Crippen LogP contribution is -2.43. The van der Waals surface area contributed by atoms with Gasteiger partial charge in [-0.25, -0.2) is 0 Å². The van der Waals surface area contributed by atoms with Gasteiger partial charge in [-0.2, -0.15) is 0 Å². The van der Waals surface area contributed by atoms with Crippen molar-refractivity contribution in [3.63, 3.8) is 0 Å². The Balaban J connectivity index is 1.52. The molecule has 0 saturated heterocycles. The number of nitrogens with zero attached hydrogens (tertiary/aromatic N) is 2. The van der Waals surface area contributed by atoms with Crippen LogP contribution in [0.25, 0.3) is 0 Å². The average molecular weight is 357 g/mol. The van der Waals surface area contributed by atoms with Crippen molar-refractivity contribution in [3.05, 3.63) is 64.7 Å². The number of amides is 1. The first kappa shape index (κ1) is 17.3. The zero-order valence-corrected chi connectivity index (χ0v) is 14.9. The van der Waals surface area contributed by atoms with Crippen LogP contribution in [-0.4, -0.2) is 38.5 Å². The van der Waals surface area contributed by atoms with Crippen LogP contribution in [-0.2, 0) is 6.42 Å². The van der Waals surface area contributed by atoms with Crippen LogP contribution in [0.2, 0.25) is 5.02 Å². The number of hydrogen-bond acceptors (Lipinski definition) is 2. The van der Waals surface area contributed by atoms with Gasteiger partial charge in [-0.15, -0.1) is 0 Å². The lowest BCUT2D eigenvalue weighted by atomic mass is 10.2. The minimum atomic E-state index is -0.172. The summed E-state index contributed by atoms with van der Waals surface area (Å²) >= 11 is 6.04. The Morgan fingerprint density at radius 2 is 1.84 bits per heavy atom. The van der Waals surface area contributed by atoms with Crippen LogP contribution < -0.4 is 15.5 Å². The minimum absolute atomic E-state index is 0.172. The largest absolute Gasteiger partial charge is 0.354 e. The van der Waals surface area contributed by atoms with Crippen molar-refractivity contribution in [2.75, 3.05) is 31.6 Å². The zero-order valence-electron chi connectivity index (χ0n) is 14.1. The average Bonchev–Trinajstić information content (AvgIpc) is 3.06. The number of hydrogen-bond donors (Lipinski definition) is 2. The fourth-order valence-electron chi connectivity index (χ4n) is 2.94. The summed E-state index contributed by atoms with van der Waals surface area (Å²) in [5.41, 5.74) is 3.01. The predicted octanol–water partition coefficient (Wildman–Crippen LogP) is 2.71. The Morgan fingerprint density at radius 3 is 2.64 bits per heavy atom. The highest BCUT2D eigenvalue weighted by molar-refractivity contribution is 6.33. The molecule has 2 aromatic rings. The highest BCUT2D eigenvalue weighted by Crippen LogP contribution is 2.27. The number of aliphatic imine (C=N–C) groups is 1. The van der Waals surface area contributed by atoms with E-state index in [0.717, 1.165) is 18.9 Å². The van der Waals surface area contributed by atoms with E-state index in [0.29, 0.717) is 23.7 Å². The summed E-state index contributed by atoms with van der Waals surface area (Å²) in [6.07, 6.45) is 1.01. The summed E-state index contributed by atoms with van der Waals surface area (Å²) in [4.78, 5) is 18.7. The Hall–Kier alpha value is -2.53. The van der Waals surface area contributed by atoms with E-state index in [1.54, 1.807) is 31.3 Å². The number of fused-ring (bicyclic) bond motifs is 1. The van der Waals surface area contributed by atoms with Crippen LogP contribution in [0.4, 0.5) is 5.69 Å². The molecule has 2 aromatic carbocycles. The van der Waals surface area contributed by atoms with E-state index >= 15 is 0 Å². The van der Waals surface area contributed by atoms with E-state index in [1.165, 1.54) is 11.3 Å². The van der Waals surface area contributed by atoms with Crippen molar-refractivity contribution in [1.82, 2.24) is 10.6 Å². The molecule has 0 bridgehead atoms. The Labute approximate surface area is 152 Å². The molecule has 25 heavy (non-hydrogen) atoms. The molecular weight excluding hydrogens is 336 g/mol. The van der Waals surface area contributed by atoms with Gasteiger partial charge in [0.1, 0.15) is 0 Å². The van der Waals surface area contributed by atoms with Gasteiger partial charge in [-0.05, 0) is 30.2 Å². The molecule has 1 aliphatic rings. The second-order valence-corrected chi connectivity index (χ2v) is 6.15. The second kappa shape index (κ2) is 8.03. The molecule has 0 spiro atoms. The number of carbonyl (C=O) groups excluding carboxylic acids is 1. The van der Waals surface area contributed by atoms with Crippen LogP contribution in [0.1, 0.15) is 15.9 Å². The number of guanidine groups is 1. The van der Waals surface area contributed by atoms with Gasteiger partial charge in [0, 0.05) is 32.4 Å². The van der Waals surface area contributed by atoms with Gasteiger partial charge < -0.3 is 15.5 Å². The van der Waals surface area contributed by atoms with Gasteiger partial charge in [0.05, 0.1) is 10.6 Å². The number of para-hydroxylation sites is 1. The van der Waals surface area contributed by atoms with Gasteiger partial charge in [-0.3, -0.25) is 9.79 Å². The molecule has 6 heteroatoms. The molecular formula is C19H21ClN4O. The molecule has 1 amide bonds. The summed E-state index contributed by atoms with van der Waals surface area (Å²) < 4.78 is 0. The Morgan fingerprint density at radius 1 is 1.12 bits per heavy atom. The maximum absolute atomic E-state index is 12.1. The van der Waals surface area contributed by atoms with Crippen LogP contribution in [0, 0.1) is 0 Å². The maximum atomic E-state index is 12.1. The zero-order chi connectivity index (χ0) is 17.6. The Kier molecular flexibility index (Phi) is 5.56. The number of rotatable bonds is 4. The third kappa shape index (κ3) is 3.94. The second-order valence-electron chi connectivity index (χ2n) is 5.74. The first-order chi connectivity index (χ1) is 12.2. The molecule has 5 nitrogen and oxygen atoms in total. The van der Waals surface area contributed by atoms with Crippen LogP contribution in [0.15, 0.2) is 53.5 Å². The fraction of sp³-hybridized carbons (Fsp3) is 0.263. The van der Waals surface area contributed by atoms with Crippen LogP contribution in [0.3, 0.4) is 0 Å². The molecule has 0 aliphatic carbocycles. The number of nitrogens with one attached hydrogen (secondary N) is 2. The standard InChI is InChI=1S/C19H21ClN4O/c1-21-19(24-13-10-14-6-2-5-9-17(14)24)23-12-11-22-18(25)15-7-3-4-8-16(15)20/h2-9H,10-13H2,1H3,(H,21,23)(H,22,25). The summed E-state index contributed by atoms with van der Waals surface area (Å²) in [5.74, 6) is 0.644. The third-order valence-electron chi connectivity index (χ3n) is 4.17. The first-order valence-corrected chi connectivity index (χ1v) is 8.67. The molecule has 1 aliphatic heterocycles. The number of anilines is 1. The highest BCUT2D eigenvalue weighted by Gasteiger charge is 2.22. The monoisotopic (exact) mass is 356 g/mol. The van der Waals surface area contributed by atoms with Crippen molar-refractivity contribution < 1.29 is 4.79 Å². The van der Waals surface area contributed by atoms with Gasteiger partial charge in [0.2, 0.25) is 0 Å². The van der Waals surface area contributed by atoms with Crippen molar-refractivity contribution >= 4 is 29.2 Å². The van der Waals surface area contributed by atoms with Gasteiger partial charge >= 0.3 is 0 Å². The summed E-state index contributed by atoms with van der Waals surface area (Å²) in [5, 5.41) is 6.63. The number of benzene rings is 2. The molecule has 1 heterocycles. The van der Waals surface area contributed by atoms with Crippen molar-refractivity contribution in [1.29, 1.82) is 0 Å². The molecule has 2 N–H and O–H groups in total. The normalized spacial score (nSPS) is 13.5. The number of halogens is 1. The Bertz CT molecular complexity index is 790. The van der Waals surface area contributed by atoms with Crippen molar-refractivity contribution in [2.45, 2.75) is 6.42 Å². The van der Waals surface area contributed by atoms with E-state index in [2.05, 4.69) is 38.7 Å². The number of carbonyl (C=O) groups is 1. The van der Waals surface area contributed by atoms with Gasteiger partial charge in [-0.1, -0.05) is 41.9 Å². The quantitative estimate of drug-likeness (QED) is 0.503. The summed E-state index contributed by atoms with van der Waals surface area (Å²) in [6.45, 7) is 1.98. The van der Waals surface area contributed by atoms with Crippen molar-refractivity contribution in [2.24, 2.45) is 4.99 Å². The smallest absolute Gasteiger partial charge is 0.252 e. The van der Waals surface area contributed by atoms with Gasteiger partial charge in [0.15, 0.2) is 5.96 Å². The molecule has 0 unspecified atom stereocenters. The summed E-state index contributed by atoms with van der Waals surface area (Å²) in [6, 6.07) is 15.4. The van der Waals surface area contributed by atoms with Crippen LogP contribution >= 0.6 is 11.6 Å². The molecule has 3 rings (SSSR count). The van der Waals surface area contributed by atoms with E-state index in [4.69, 9.17) is 11.6 Å².